The molecule has 0 spiro atoms. The number of hydrogen-bond acceptors (Lipinski definition) is 3. The first-order valence-electron chi connectivity index (χ1n) is 7.36. The molecule has 1 atom stereocenters. The standard InChI is InChI=1S/C16H24N2O2/c1-17-10-11-18(16(20)9-5-6-12-19)15(13-17)14-7-3-2-4-8-14/h2-4,7-8,15,19H,5-6,9-13H2,1H3. The second-order valence-corrected chi connectivity index (χ2v) is 5.46. The van der Waals surface area contributed by atoms with E-state index in [1.54, 1.807) is 0 Å². The van der Waals surface area contributed by atoms with Crippen LogP contribution in [0.2, 0.25) is 0 Å². The quantitative estimate of drug-likeness (QED) is 0.832. The Hall–Kier alpha value is -1.39. The number of unbranched alkanes of at least 4 members (excludes halogenated alkanes) is 1. The van der Waals surface area contributed by atoms with Crippen molar-refractivity contribution in [2.45, 2.75) is 25.3 Å². The highest BCUT2D eigenvalue weighted by molar-refractivity contribution is 5.76. The van der Waals surface area contributed by atoms with Gasteiger partial charge < -0.3 is 14.9 Å². The Labute approximate surface area is 121 Å². The smallest absolute Gasteiger partial charge is 0.223 e. The molecule has 1 aromatic rings. The molecule has 4 heteroatoms. The van der Waals surface area contributed by atoms with Crippen LogP contribution in [0.4, 0.5) is 0 Å². The number of amides is 1. The molecule has 1 N–H and O–H groups in total. The van der Waals surface area contributed by atoms with Crippen molar-refractivity contribution in [1.82, 2.24) is 9.80 Å². The molecular formula is C16H24N2O2. The Morgan fingerprint density at radius 3 is 2.70 bits per heavy atom. The molecular weight excluding hydrogens is 252 g/mol. The summed E-state index contributed by atoms with van der Waals surface area (Å²) < 4.78 is 0. The zero-order valence-corrected chi connectivity index (χ0v) is 12.2. The van der Waals surface area contributed by atoms with Crippen LogP contribution >= 0.6 is 0 Å². The molecule has 110 valence electrons. The third-order valence-electron chi connectivity index (χ3n) is 3.89. The van der Waals surface area contributed by atoms with E-state index in [-0.39, 0.29) is 18.6 Å². The molecule has 0 saturated carbocycles. The van der Waals surface area contributed by atoms with Gasteiger partial charge in [-0.3, -0.25) is 4.79 Å². The van der Waals surface area contributed by atoms with Gasteiger partial charge >= 0.3 is 0 Å². The number of piperazine rings is 1. The third kappa shape index (κ3) is 3.81. The van der Waals surface area contributed by atoms with Crippen molar-refractivity contribution in [2.24, 2.45) is 0 Å². The Kier molecular flexibility index (Phi) is 5.56. The summed E-state index contributed by atoms with van der Waals surface area (Å²) in [6.07, 6.45) is 2.01. The minimum atomic E-state index is 0.150. The van der Waals surface area contributed by atoms with E-state index < -0.39 is 0 Å². The molecule has 4 nitrogen and oxygen atoms in total. The summed E-state index contributed by atoms with van der Waals surface area (Å²) in [5, 5.41) is 8.82. The molecule has 1 unspecified atom stereocenters. The van der Waals surface area contributed by atoms with Crippen molar-refractivity contribution < 1.29 is 9.90 Å². The van der Waals surface area contributed by atoms with E-state index in [1.165, 1.54) is 5.56 Å². The summed E-state index contributed by atoms with van der Waals surface area (Å²) in [7, 11) is 2.10. The number of carbonyl (C=O) groups excluding carboxylic acids is 1. The number of likely N-dealkylation sites (N-methyl/N-ethyl adjacent to an activating group) is 1. The van der Waals surface area contributed by atoms with Gasteiger partial charge in [-0.15, -0.1) is 0 Å². The van der Waals surface area contributed by atoms with E-state index in [9.17, 15) is 4.79 Å². The first-order valence-corrected chi connectivity index (χ1v) is 7.36. The van der Waals surface area contributed by atoms with Gasteiger partial charge in [0.05, 0.1) is 6.04 Å². The molecule has 1 aliphatic rings. The number of aliphatic hydroxyl groups is 1. The van der Waals surface area contributed by atoms with Gasteiger partial charge in [-0.2, -0.15) is 0 Å². The number of rotatable bonds is 5. The van der Waals surface area contributed by atoms with Crippen LogP contribution in [0.3, 0.4) is 0 Å². The molecule has 0 bridgehead atoms. The number of hydrogen-bond donors (Lipinski definition) is 1. The largest absolute Gasteiger partial charge is 0.396 e. The lowest BCUT2D eigenvalue weighted by molar-refractivity contribution is -0.136. The summed E-state index contributed by atoms with van der Waals surface area (Å²) in [5.41, 5.74) is 1.20. The van der Waals surface area contributed by atoms with E-state index in [4.69, 9.17) is 5.11 Å². The van der Waals surface area contributed by atoms with E-state index in [2.05, 4.69) is 24.1 Å². The lowest BCUT2D eigenvalue weighted by Gasteiger charge is -2.40. The first-order chi connectivity index (χ1) is 9.72. The number of aliphatic hydroxyl groups excluding tert-OH is 1. The van der Waals surface area contributed by atoms with E-state index >= 15 is 0 Å². The maximum absolute atomic E-state index is 12.4. The van der Waals surface area contributed by atoms with Crippen molar-refractivity contribution >= 4 is 5.91 Å². The maximum Gasteiger partial charge on any atom is 0.223 e. The van der Waals surface area contributed by atoms with E-state index in [1.807, 2.05) is 23.1 Å². The van der Waals surface area contributed by atoms with Gasteiger partial charge in [0.2, 0.25) is 5.91 Å². The zero-order valence-electron chi connectivity index (χ0n) is 12.2. The molecule has 1 aromatic carbocycles. The topological polar surface area (TPSA) is 43.8 Å². The van der Waals surface area contributed by atoms with Crippen molar-refractivity contribution in [3.05, 3.63) is 35.9 Å². The summed E-state index contributed by atoms with van der Waals surface area (Å²) in [6.45, 7) is 2.76. The first kappa shape index (κ1) is 15.0. The molecule has 1 aliphatic heterocycles. The highest BCUT2D eigenvalue weighted by Crippen LogP contribution is 2.25. The van der Waals surface area contributed by atoms with Gasteiger partial charge in [-0.25, -0.2) is 0 Å². The Morgan fingerprint density at radius 1 is 1.25 bits per heavy atom. The van der Waals surface area contributed by atoms with Gasteiger partial charge in [0, 0.05) is 32.7 Å². The predicted octanol–water partition coefficient (Wildman–Crippen LogP) is 1.66. The minimum absolute atomic E-state index is 0.150. The maximum atomic E-state index is 12.4. The van der Waals surface area contributed by atoms with Crippen molar-refractivity contribution in [3.8, 4) is 0 Å². The van der Waals surface area contributed by atoms with Crippen LogP contribution in [0.5, 0.6) is 0 Å². The second kappa shape index (κ2) is 7.41. The van der Waals surface area contributed by atoms with E-state index in [0.717, 1.165) is 26.1 Å². The van der Waals surface area contributed by atoms with Gasteiger partial charge in [0.1, 0.15) is 0 Å². The molecule has 1 saturated heterocycles. The van der Waals surface area contributed by atoms with Gasteiger partial charge in [-0.1, -0.05) is 30.3 Å². The van der Waals surface area contributed by atoms with Crippen LogP contribution in [0.15, 0.2) is 30.3 Å². The molecule has 0 aliphatic carbocycles. The van der Waals surface area contributed by atoms with Crippen LogP contribution in [0.25, 0.3) is 0 Å². The van der Waals surface area contributed by atoms with Crippen LogP contribution in [0, 0.1) is 0 Å². The lowest BCUT2D eigenvalue weighted by atomic mass is 10.0. The molecule has 1 amide bonds. The van der Waals surface area contributed by atoms with Gasteiger partial charge in [0.25, 0.3) is 0 Å². The van der Waals surface area contributed by atoms with Crippen LogP contribution in [-0.2, 0) is 4.79 Å². The summed E-state index contributed by atoms with van der Waals surface area (Å²) in [4.78, 5) is 16.7. The Morgan fingerprint density at radius 2 is 2.00 bits per heavy atom. The minimum Gasteiger partial charge on any atom is -0.396 e. The normalized spacial score (nSPS) is 20.1. The molecule has 0 radical (unpaired) electrons. The van der Waals surface area contributed by atoms with Crippen LogP contribution in [-0.4, -0.2) is 54.1 Å². The van der Waals surface area contributed by atoms with Crippen molar-refractivity contribution in [2.75, 3.05) is 33.3 Å². The highest BCUT2D eigenvalue weighted by atomic mass is 16.3. The molecule has 20 heavy (non-hydrogen) atoms. The SMILES string of the molecule is CN1CCN(C(=O)CCCCO)C(c2ccccc2)C1. The van der Waals surface area contributed by atoms with Crippen LogP contribution < -0.4 is 0 Å². The number of nitrogens with zero attached hydrogens (tertiary/aromatic N) is 2. The second-order valence-electron chi connectivity index (χ2n) is 5.46. The fourth-order valence-corrected chi connectivity index (χ4v) is 2.71. The molecule has 1 fully saturated rings. The van der Waals surface area contributed by atoms with Gasteiger partial charge in [-0.05, 0) is 25.5 Å². The monoisotopic (exact) mass is 276 g/mol. The Balaban J connectivity index is 2.06. The summed E-state index contributed by atoms with van der Waals surface area (Å²) >= 11 is 0. The van der Waals surface area contributed by atoms with E-state index in [0.29, 0.717) is 12.8 Å². The summed E-state index contributed by atoms with van der Waals surface area (Å²) in [5.74, 6) is 0.209. The Bertz CT molecular complexity index is 422. The van der Waals surface area contributed by atoms with Crippen LogP contribution in [0.1, 0.15) is 30.9 Å². The summed E-state index contributed by atoms with van der Waals surface area (Å²) in [6, 6.07) is 10.4. The predicted molar refractivity (Wildman–Crippen MR) is 79.3 cm³/mol. The average molecular weight is 276 g/mol. The fraction of sp³-hybridized carbons (Fsp3) is 0.562. The number of benzene rings is 1. The zero-order chi connectivity index (χ0) is 14.4. The van der Waals surface area contributed by atoms with Crippen molar-refractivity contribution in [1.29, 1.82) is 0 Å². The highest BCUT2D eigenvalue weighted by Gasteiger charge is 2.29. The lowest BCUT2D eigenvalue weighted by Crippen LogP contribution is -2.49. The molecule has 0 aromatic heterocycles. The number of carbonyl (C=O) groups is 1. The average Bonchev–Trinajstić information content (AvgIpc) is 2.48. The molecule has 1 heterocycles. The fourth-order valence-electron chi connectivity index (χ4n) is 2.71. The van der Waals surface area contributed by atoms with Gasteiger partial charge in [0.15, 0.2) is 0 Å². The third-order valence-corrected chi connectivity index (χ3v) is 3.89. The van der Waals surface area contributed by atoms with Crippen molar-refractivity contribution in [3.63, 3.8) is 0 Å². The molecule has 2 rings (SSSR count).